The van der Waals surface area contributed by atoms with Crippen molar-refractivity contribution in [3.05, 3.63) is 16.6 Å². The molecule has 0 saturated carbocycles. The summed E-state index contributed by atoms with van der Waals surface area (Å²) in [4.78, 5) is 5.32. The van der Waals surface area contributed by atoms with Crippen LogP contribution >= 0.6 is 11.3 Å². The zero-order valence-electron chi connectivity index (χ0n) is 8.74. The second-order valence-electron chi connectivity index (χ2n) is 3.63. The molecule has 2 rings (SSSR count). The Morgan fingerprint density at radius 3 is 3.40 bits per heavy atom. The highest BCUT2D eigenvalue weighted by Crippen LogP contribution is 2.05. The molecule has 15 heavy (non-hydrogen) atoms. The number of nitrogens with zero attached hydrogens (tertiary/aromatic N) is 1. The van der Waals surface area contributed by atoms with Crippen LogP contribution in [-0.4, -0.2) is 37.3 Å². The second kappa shape index (κ2) is 6.17. The molecule has 1 aliphatic heterocycles. The van der Waals surface area contributed by atoms with Crippen LogP contribution in [0.2, 0.25) is 0 Å². The lowest BCUT2D eigenvalue weighted by molar-refractivity contribution is 0.0238. The van der Waals surface area contributed by atoms with Gasteiger partial charge in [-0.3, -0.25) is 4.98 Å². The van der Waals surface area contributed by atoms with Crippen molar-refractivity contribution in [2.24, 2.45) is 0 Å². The Kier molecular flexibility index (Phi) is 4.53. The standard InChI is InChI=1S/C10H17N3OS/c1(9-5-12-3-4-14-9)2-11-6-10-7-13-8-15-10/h7-9,11-12H,1-6H2. The van der Waals surface area contributed by atoms with Crippen molar-refractivity contribution in [1.82, 2.24) is 15.6 Å². The summed E-state index contributed by atoms with van der Waals surface area (Å²) in [5, 5.41) is 6.73. The van der Waals surface area contributed by atoms with Crippen LogP contribution in [0, 0.1) is 0 Å². The Labute approximate surface area is 94.1 Å². The molecule has 1 saturated heterocycles. The molecule has 4 nitrogen and oxygen atoms in total. The number of ether oxygens (including phenoxy) is 1. The molecule has 0 bridgehead atoms. The van der Waals surface area contributed by atoms with Gasteiger partial charge in [-0.1, -0.05) is 0 Å². The lowest BCUT2D eigenvalue weighted by atomic mass is 10.2. The van der Waals surface area contributed by atoms with Gasteiger partial charge in [0.2, 0.25) is 0 Å². The Bertz CT molecular complexity index is 260. The number of nitrogens with one attached hydrogen (secondary N) is 2. The van der Waals surface area contributed by atoms with Gasteiger partial charge in [-0.25, -0.2) is 0 Å². The number of aromatic nitrogens is 1. The minimum absolute atomic E-state index is 0.382. The van der Waals surface area contributed by atoms with E-state index in [0.29, 0.717) is 6.10 Å². The van der Waals surface area contributed by atoms with E-state index in [-0.39, 0.29) is 0 Å². The van der Waals surface area contributed by atoms with Gasteiger partial charge in [0.1, 0.15) is 0 Å². The summed E-state index contributed by atoms with van der Waals surface area (Å²) in [7, 11) is 0. The third kappa shape index (κ3) is 3.87. The van der Waals surface area contributed by atoms with E-state index >= 15 is 0 Å². The Hall–Kier alpha value is -0.490. The zero-order chi connectivity index (χ0) is 10.3. The summed E-state index contributed by atoms with van der Waals surface area (Å²) in [6, 6.07) is 0. The molecule has 0 amide bonds. The van der Waals surface area contributed by atoms with Crippen molar-refractivity contribution < 1.29 is 4.74 Å². The molecule has 5 heteroatoms. The van der Waals surface area contributed by atoms with E-state index in [1.807, 2.05) is 11.7 Å². The summed E-state index contributed by atoms with van der Waals surface area (Å²) in [6.45, 7) is 4.75. The number of morpholine rings is 1. The second-order valence-corrected chi connectivity index (χ2v) is 4.60. The average Bonchev–Trinajstić information content (AvgIpc) is 2.79. The van der Waals surface area contributed by atoms with Crippen molar-refractivity contribution >= 4 is 11.3 Å². The smallest absolute Gasteiger partial charge is 0.0794 e. The quantitative estimate of drug-likeness (QED) is 0.724. The van der Waals surface area contributed by atoms with Gasteiger partial charge in [0, 0.05) is 30.7 Å². The molecule has 0 spiro atoms. The first-order chi connectivity index (χ1) is 7.45. The topological polar surface area (TPSA) is 46.2 Å². The molecule has 0 aromatic carbocycles. The molecule has 0 radical (unpaired) electrons. The largest absolute Gasteiger partial charge is 0.376 e. The fraction of sp³-hybridized carbons (Fsp3) is 0.700. The molecule has 1 aliphatic rings. The van der Waals surface area contributed by atoms with Crippen LogP contribution in [-0.2, 0) is 11.3 Å². The van der Waals surface area contributed by atoms with Crippen LogP contribution in [0.5, 0.6) is 0 Å². The van der Waals surface area contributed by atoms with Crippen LogP contribution in [0.15, 0.2) is 11.7 Å². The lowest BCUT2D eigenvalue weighted by Crippen LogP contribution is -2.39. The van der Waals surface area contributed by atoms with Gasteiger partial charge in [0.05, 0.1) is 18.2 Å². The Balaban J connectivity index is 1.54. The van der Waals surface area contributed by atoms with Crippen LogP contribution in [0.4, 0.5) is 0 Å². The fourth-order valence-electron chi connectivity index (χ4n) is 1.61. The molecule has 84 valence electrons. The summed E-state index contributed by atoms with van der Waals surface area (Å²) in [5.74, 6) is 0. The van der Waals surface area contributed by atoms with E-state index < -0.39 is 0 Å². The van der Waals surface area contributed by atoms with Gasteiger partial charge < -0.3 is 15.4 Å². The van der Waals surface area contributed by atoms with Gasteiger partial charge >= 0.3 is 0 Å². The molecule has 2 heterocycles. The van der Waals surface area contributed by atoms with Crippen molar-refractivity contribution in [1.29, 1.82) is 0 Å². The van der Waals surface area contributed by atoms with Crippen molar-refractivity contribution in [3.8, 4) is 0 Å². The molecule has 1 fully saturated rings. The summed E-state index contributed by atoms with van der Waals surface area (Å²) < 4.78 is 5.60. The SMILES string of the molecule is c1ncc(CNCCC2CNCCO2)s1. The van der Waals surface area contributed by atoms with E-state index in [1.54, 1.807) is 11.3 Å². The van der Waals surface area contributed by atoms with E-state index in [9.17, 15) is 0 Å². The number of hydrogen-bond acceptors (Lipinski definition) is 5. The molecule has 0 aliphatic carbocycles. The van der Waals surface area contributed by atoms with Crippen LogP contribution in [0.3, 0.4) is 0 Å². The predicted octanol–water partition coefficient (Wildman–Crippen LogP) is 0.611. The predicted molar refractivity (Wildman–Crippen MR) is 61.0 cm³/mol. The molecule has 1 aromatic heterocycles. The van der Waals surface area contributed by atoms with Crippen LogP contribution in [0.25, 0.3) is 0 Å². The fourth-order valence-corrected chi connectivity index (χ4v) is 2.17. The zero-order valence-corrected chi connectivity index (χ0v) is 9.55. The van der Waals surface area contributed by atoms with Crippen molar-refractivity contribution in [3.63, 3.8) is 0 Å². The molecule has 1 aromatic rings. The van der Waals surface area contributed by atoms with E-state index in [4.69, 9.17) is 4.74 Å². The van der Waals surface area contributed by atoms with Gasteiger partial charge in [-0.15, -0.1) is 11.3 Å². The summed E-state index contributed by atoms with van der Waals surface area (Å²) in [5.41, 5.74) is 1.87. The third-order valence-corrected chi connectivity index (χ3v) is 3.21. The normalized spacial score (nSPS) is 21.7. The first-order valence-corrected chi connectivity index (χ1v) is 6.23. The lowest BCUT2D eigenvalue weighted by Gasteiger charge is -2.23. The first kappa shape index (κ1) is 11.0. The summed E-state index contributed by atoms with van der Waals surface area (Å²) >= 11 is 1.69. The molecule has 2 N–H and O–H groups in total. The highest BCUT2D eigenvalue weighted by atomic mass is 32.1. The van der Waals surface area contributed by atoms with Gasteiger partial charge in [0.25, 0.3) is 0 Å². The maximum atomic E-state index is 5.60. The monoisotopic (exact) mass is 227 g/mol. The molecule has 1 unspecified atom stereocenters. The summed E-state index contributed by atoms with van der Waals surface area (Å²) in [6.07, 6.45) is 3.37. The van der Waals surface area contributed by atoms with Gasteiger partial charge in [0.15, 0.2) is 0 Å². The van der Waals surface area contributed by atoms with E-state index in [2.05, 4.69) is 15.6 Å². The van der Waals surface area contributed by atoms with E-state index in [1.165, 1.54) is 4.88 Å². The van der Waals surface area contributed by atoms with Crippen molar-refractivity contribution in [2.45, 2.75) is 19.1 Å². The third-order valence-electron chi connectivity index (χ3n) is 2.43. The van der Waals surface area contributed by atoms with Gasteiger partial charge in [-0.05, 0) is 13.0 Å². The number of hydrogen-bond donors (Lipinski definition) is 2. The molecular weight excluding hydrogens is 210 g/mol. The van der Waals surface area contributed by atoms with Crippen molar-refractivity contribution in [2.75, 3.05) is 26.2 Å². The Morgan fingerprint density at radius 2 is 2.67 bits per heavy atom. The highest BCUT2D eigenvalue weighted by Gasteiger charge is 2.11. The first-order valence-electron chi connectivity index (χ1n) is 5.35. The molecular formula is C10H17N3OS. The number of rotatable bonds is 5. The van der Waals surface area contributed by atoms with Crippen LogP contribution in [0.1, 0.15) is 11.3 Å². The Morgan fingerprint density at radius 1 is 1.67 bits per heavy atom. The maximum Gasteiger partial charge on any atom is 0.0794 e. The average molecular weight is 227 g/mol. The minimum atomic E-state index is 0.382. The van der Waals surface area contributed by atoms with E-state index in [0.717, 1.165) is 39.2 Å². The minimum Gasteiger partial charge on any atom is -0.376 e. The maximum absolute atomic E-state index is 5.60. The highest BCUT2D eigenvalue weighted by molar-refractivity contribution is 7.09. The van der Waals surface area contributed by atoms with Gasteiger partial charge in [-0.2, -0.15) is 0 Å². The van der Waals surface area contributed by atoms with Crippen LogP contribution < -0.4 is 10.6 Å². The molecule has 1 atom stereocenters. The number of thiazole rings is 1.